The van der Waals surface area contributed by atoms with Gasteiger partial charge in [0.05, 0.1) is 30.0 Å². The van der Waals surface area contributed by atoms with Crippen molar-refractivity contribution in [3.05, 3.63) is 47.8 Å². The van der Waals surface area contributed by atoms with Crippen molar-refractivity contribution in [3.8, 4) is 0 Å². The number of aromatic nitrogens is 3. The van der Waals surface area contributed by atoms with Gasteiger partial charge < -0.3 is 10.6 Å². The van der Waals surface area contributed by atoms with Crippen LogP contribution in [0.15, 0.2) is 30.7 Å². The van der Waals surface area contributed by atoms with Crippen molar-refractivity contribution in [3.63, 3.8) is 0 Å². The first-order chi connectivity index (χ1) is 10.7. The van der Waals surface area contributed by atoms with E-state index in [2.05, 4.69) is 20.7 Å². The Hall–Kier alpha value is -2.28. The van der Waals surface area contributed by atoms with Gasteiger partial charge >= 0.3 is 0 Å². The number of hydrogen-bond donors (Lipinski definition) is 2. The summed E-state index contributed by atoms with van der Waals surface area (Å²) in [6.45, 7) is 1.99. The van der Waals surface area contributed by atoms with Gasteiger partial charge in [0.25, 0.3) is 5.91 Å². The van der Waals surface area contributed by atoms with E-state index < -0.39 is 5.82 Å². The molecule has 1 amide bonds. The predicted octanol–water partition coefficient (Wildman–Crippen LogP) is 1.27. The van der Waals surface area contributed by atoms with Crippen molar-refractivity contribution in [2.24, 2.45) is 0 Å². The van der Waals surface area contributed by atoms with Gasteiger partial charge in [-0.3, -0.25) is 14.5 Å². The van der Waals surface area contributed by atoms with Crippen LogP contribution in [0.25, 0.3) is 0 Å². The number of hydrogen-bond acceptors (Lipinski definition) is 4. The van der Waals surface area contributed by atoms with E-state index in [4.69, 9.17) is 0 Å². The summed E-state index contributed by atoms with van der Waals surface area (Å²) in [5.41, 5.74) is 0.705. The Balaban J connectivity index is 1.61. The van der Waals surface area contributed by atoms with E-state index in [1.165, 1.54) is 18.3 Å². The van der Waals surface area contributed by atoms with E-state index in [9.17, 15) is 9.18 Å². The minimum Gasteiger partial charge on any atom is -0.346 e. The molecule has 2 N–H and O–H groups in total. The average Bonchev–Trinajstić information content (AvgIpc) is 3.05. The molecule has 1 fully saturated rings. The summed E-state index contributed by atoms with van der Waals surface area (Å²) >= 11 is 0. The highest BCUT2D eigenvalue weighted by Gasteiger charge is 2.17. The summed E-state index contributed by atoms with van der Waals surface area (Å²) in [7, 11) is 0. The van der Waals surface area contributed by atoms with Gasteiger partial charge in [-0.15, -0.1) is 0 Å². The molecule has 1 saturated heterocycles. The molecule has 0 bridgehead atoms. The zero-order valence-corrected chi connectivity index (χ0v) is 12.1. The predicted molar refractivity (Wildman–Crippen MR) is 78.7 cm³/mol. The lowest BCUT2D eigenvalue weighted by atomic mass is 10.1. The standard InChI is InChI=1S/C15H18FN5O/c16-13-2-1-5-18-14(13)9-19-15(22)11-8-20-21(10-11)12-3-6-17-7-4-12/h1-2,5,8,10,12,17H,3-4,6-7,9H2,(H,19,22). The van der Waals surface area contributed by atoms with Crippen molar-refractivity contribution >= 4 is 5.91 Å². The number of halogens is 1. The Kier molecular flexibility index (Phi) is 4.43. The van der Waals surface area contributed by atoms with Gasteiger partial charge in [-0.05, 0) is 38.1 Å². The lowest BCUT2D eigenvalue weighted by Crippen LogP contribution is -2.29. The minimum absolute atomic E-state index is 0.0596. The summed E-state index contributed by atoms with van der Waals surface area (Å²) in [6, 6.07) is 3.17. The maximum atomic E-state index is 13.5. The van der Waals surface area contributed by atoms with Crippen LogP contribution in [-0.4, -0.2) is 33.8 Å². The molecule has 116 valence electrons. The Morgan fingerprint density at radius 1 is 1.45 bits per heavy atom. The fraction of sp³-hybridized carbons (Fsp3) is 0.400. The molecule has 7 heteroatoms. The van der Waals surface area contributed by atoms with Crippen LogP contribution in [0.5, 0.6) is 0 Å². The fourth-order valence-corrected chi connectivity index (χ4v) is 2.54. The molecule has 2 aromatic heterocycles. The Bertz CT molecular complexity index is 651. The molecule has 6 nitrogen and oxygen atoms in total. The second-order valence-electron chi connectivity index (χ2n) is 5.30. The topological polar surface area (TPSA) is 71.8 Å². The number of rotatable bonds is 4. The largest absolute Gasteiger partial charge is 0.346 e. The van der Waals surface area contributed by atoms with Crippen LogP contribution in [0.2, 0.25) is 0 Å². The van der Waals surface area contributed by atoms with Crippen LogP contribution in [0.1, 0.15) is 34.9 Å². The van der Waals surface area contributed by atoms with Crippen LogP contribution in [0.3, 0.4) is 0 Å². The molecular formula is C15H18FN5O. The van der Waals surface area contributed by atoms with Crippen LogP contribution >= 0.6 is 0 Å². The minimum atomic E-state index is -0.423. The number of carbonyl (C=O) groups is 1. The maximum Gasteiger partial charge on any atom is 0.254 e. The lowest BCUT2D eigenvalue weighted by Gasteiger charge is -2.22. The SMILES string of the molecule is O=C(NCc1ncccc1F)c1cnn(C2CCNCC2)c1. The Labute approximate surface area is 127 Å². The van der Waals surface area contributed by atoms with Crippen LogP contribution in [0, 0.1) is 5.82 Å². The fourth-order valence-electron chi connectivity index (χ4n) is 2.54. The Morgan fingerprint density at radius 2 is 2.27 bits per heavy atom. The summed E-state index contributed by atoms with van der Waals surface area (Å²) in [5.74, 6) is -0.696. The zero-order valence-electron chi connectivity index (χ0n) is 12.1. The molecule has 1 aliphatic rings. The third kappa shape index (κ3) is 3.30. The number of amides is 1. The first-order valence-electron chi connectivity index (χ1n) is 7.36. The molecule has 0 atom stereocenters. The molecule has 2 aromatic rings. The molecule has 0 saturated carbocycles. The second-order valence-corrected chi connectivity index (χ2v) is 5.30. The molecule has 3 heterocycles. The molecule has 22 heavy (non-hydrogen) atoms. The van der Waals surface area contributed by atoms with Crippen molar-refractivity contribution in [2.45, 2.75) is 25.4 Å². The Morgan fingerprint density at radius 3 is 3.05 bits per heavy atom. The normalized spacial score (nSPS) is 15.7. The van der Waals surface area contributed by atoms with E-state index >= 15 is 0 Å². The number of nitrogens with one attached hydrogen (secondary N) is 2. The van der Waals surface area contributed by atoms with Gasteiger partial charge in [0.1, 0.15) is 5.82 Å². The van der Waals surface area contributed by atoms with Crippen molar-refractivity contribution in [1.29, 1.82) is 0 Å². The van der Waals surface area contributed by atoms with Crippen LogP contribution in [0.4, 0.5) is 4.39 Å². The number of nitrogens with zero attached hydrogens (tertiary/aromatic N) is 3. The molecular weight excluding hydrogens is 285 g/mol. The summed E-state index contributed by atoms with van der Waals surface area (Å²) < 4.78 is 15.3. The molecule has 0 spiro atoms. The number of piperidine rings is 1. The van der Waals surface area contributed by atoms with E-state index in [0.717, 1.165) is 25.9 Å². The lowest BCUT2D eigenvalue weighted by molar-refractivity contribution is 0.0950. The van der Waals surface area contributed by atoms with Gasteiger partial charge in [-0.2, -0.15) is 5.10 Å². The number of carbonyl (C=O) groups excluding carboxylic acids is 1. The smallest absolute Gasteiger partial charge is 0.254 e. The second kappa shape index (κ2) is 6.65. The third-order valence-corrected chi connectivity index (χ3v) is 3.80. The van der Waals surface area contributed by atoms with Gasteiger partial charge in [0.2, 0.25) is 0 Å². The molecule has 0 aliphatic carbocycles. The summed E-state index contributed by atoms with van der Waals surface area (Å²) in [5, 5.41) is 10.2. The van der Waals surface area contributed by atoms with Gasteiger partial charge in [0, 0.05) is 12.4 Å². The molecule has 1 aliphatic heterocycles. The van der Waals surface area contributed by atoms with Gasteiger partial charge in [-0.1, -0.05) is 0 Å². The first kappa shape index (κ1) is 14.6. The molecule has 0 radical (unpaired) electrons. The summed E-state index contributed by atoms with van der Waals surface area (Å²) in [6.07, 6.45) is 6.80. The summed E-state index contributed by atoms with van der Waals surface area (Å²) in [4.78, 5) is 16.0. The maximum absolute atomic E-state index is 13.5. The molecule has 0 aromatic carbocycles. The van der Waals surface area contributed by atoms with E-state index in [-0.39, 0.29) is 18.1 Å². The van der Waals surface area contributed by atoms with Gasteiger partial charge in [-0.25, -0.2) is 4.39 Å². The van der Waals surface area contributed by atoms with Crippen molar-refractivity contribution < 1.29 is 9.18 Å². The van der Waals surface area contributed by atoms with Crippen LogP contribution < -0.4 is 10.6 Å². The average molecular weight is 303 g/mol. The van der Waals surface area contributed by atoms with Crippen molar-refractivity contribution in [1.82, 2.24) is 25.4 Å². The van der Waals surface area contributed by atoms with Crippen LogP contribution in [-0.2, 0) is 6.54 Å². The molecule has 0 unspecified atom stereocenters. The molecule has 3 rings (SSSR count). The highest BCUT2D eigenvalue weighted by Crippen LogP contribution is 2.17. The van der Waals surface area contributed by atoms with Crippen molar-refractivity contribution in [2.75, 3.05) is 13.1 Å². The van der Waals surface area contributed by atoms with E-state index in [1.54, 1.807) is 12.4 Å². The quantitative estimate of drug-likeness (QED) is 0.892. The van der Waals surface area contributed by atoms with Gasteiger partial charge in [0.15, 0.2) is 0 Å². The van der Waals surface area contributed by atoms with E-state index in [1.807, 2.05) is 4.68 Å². The van der Waals surface area contributed by atoms with E-state index in [0.29, 0.717) is 11.6 Å². The highest BCUT2D eigenvalue weighted by molar-refractivity contribution is 5.93. The first-order valence-corrected chi connectivity index (χ1v) is 7.36. The zero-order chi connectivity index (χ0) is 15.4. The third-order valence-electron chi connectivity index (χ3n) is 3.80. The number of pyridine rings is 1. The highest BCUT2D eigenvalue weighted by atomic mass is 19.1. The monoisotopic (exact) mass is 303 g/mol.